The minimum Gasteiger partial charge on any atom is -0.373 e. The summed E-state index contributed by atoms with van der Waals surface area (Å²) in [5.74, 6) is 0. The molecule has 8 heteroatoms. The van der Waals surface area contributed by atoms with E-state index in [4.69, 9.17) is 0 Å². The van der Waals surface area contributed by atoms with Crippen molar-refractivity contribution in [3.05, 3.63) is 50.7 Å². The van der Waals surface area contributed by atoms with Gasteiger partial charge in [0, 0.05) is 12.3 Å². The van der Waals surface area contributed by atoms with Crippen LogP contribution in [0.3, 0.4) is 0 Å². The second-order valence-corrected chi connectivity index (χ2v) is 7.37. The predicted octanol–water partition coefficient (Wildman–Crippen LogP) is 3.23. The highest BCUT2D eigenvalue weighted by molar-refractivity contribution is 7.90. The van der Waals surface area contributed by atoms with Crippen LogP contribution in [0.5, 0.6) is 0 Å². The lowest BCUT2D eigenvalue weighted by atomic mass is 10.1. The van der Waals surface area contributed by atoms with Gasteiger partial charge in [0.15, 0.2) is 9.84 Å². The van der Waals surface area contributed by atoms with Gasteiger partial charge < -0.3 is 5.32 Å². The Morgan fingerprint density at radius 3 is 2.57 bits per heavy atom. The SMILES string of the molecule is CC(Nc1cccc(S(C)(=O)=O)c1[N+](=O)[O-])c1ccsc1. The smallest absolute Gasteiger partial charge is 0.310 e. The third-order valence-corrected chi connectivity index (χ3v) is 4.83. The molecule has 0 saturated carbocycles. The first kappa shape index (κ1) is 15.5. The molecule has 0 spiro atoms. The molecular formula is C13H14N2O4S2. The number of nitrogens with one attached hydrogen (secondary N) is 1. The summed E-state index contributed by atoms with van der Waals surface area (Å²) in [7, 11) is -3.67. The largest absolute Gasteiger partial charge is 0.373 e. The lowest BCUT2D eigenvalue weighted by molar-refractivity contribution is -0.386. The molecule has 0 saturated heterocycles. The third kappa shape index (κ3) is 3.40. The number of hydrogen-bond donors (Lipinski definition) is 1. The van der Waals surface area contributed by atoms with E-state index in [1.807, 2.05) is 23.8 Å². The molecule has 6 nitrogen and oxygen atoms in total. The van der Waals surface area contributed by atoms with Gasteiger partial charge in [-0.15, -0.1) is 0 Å². The standard InChI is InChI=1S/C13H14N2O4S2/c1-9(10-6-7-20-8-10)14-11-4-3-5-12(21(2,18)19)13(11)15(16)17/h3-9,14H,1-2H3. The highest BCUT2D eigenvalue weighted by Gasteiger charge is 2.26. The Hall–Kier alpha value is -1.93. The fourth-order valence-electron chi connectivity index (χ4n) is 1.96. The third-order valence-electron chi connectivity index (χ3n) is 3.00. The van der Waals surface area contributed by atoms with E-state index in [-0.39, 0.29) is 16.6 Å². The van der Waals surface area contributed by atoms with Gasteiger partial charge in [-0.3, -0.25) is 10.1 Å². The van der Waals surface area contributed by atoms with E-state index in [2.05, 4.69) is 5.32 Å². The molecule has 2 rings (SSSR count). The molecule has 0 aliphatic rings. The van der Waals surface area contributed by atoms with Crippen molar-refractivity contribution in [3.63, 3.8) is 0 Å². The van der Waals surface area contributed by atoms with E-state index in [0.29, 0.717) is 0 Å². The molecule has 1 unspecified atom stereocenters. The minimum absolute atomic E-state index is 0.162. The van der Waals surface area contributed by atoms with Crippen molar-refractivity contribution in [2.45, 2.75) is 17.9 Å². The molecule has 1 aromatic heterocycles. The normalized spacial score (nSPS) is 12.9. The van der Waals surface area contributed by atoms with Crippen molar-refractivity contribution in [1.82, 2.24) is 0 Å². The van der Waals surface area contributed by atoms with Gasteiger partial charge in [-0.2, -0.15) is 11.3 Å². The molecule has 0 bridgehead atoms. The predicted molar refractivity (Wildman–Crippen MR) is 82.6 cm³/mol. The lowest BCUT2D eigenvalue weighted by Crippen LogP contribution is -2.10. The molecule has 1 N–H and O–H groups in total. The zero-order valence-electron chi connectivity index (χ0n) is 11.4. The average molecular weight is 326 g/mol. The van der Waals surface area contributed by atoms with Gasteiger partial charge in [0.25, 0.3) is 0 Å². The van der Waals surface area contributed by atoms with Crippen LogP contribution >= 0.6 is 11.3 Å². The zero-order chi connectivity index (χ0) is 15.6. The number of hydrogen-bond acceptors (Lipinski definition) is 6. The molecule has 1 aromatic carbocycles. The van der Waals surface area contributed by atoms with Crippen molar-refractivity contribution < 1.29 is 13.3 Å². The van der Waals surface area contributed by atoms with Crippen molar-refractivity contribution in [2.24, 2.45) is 0 Å². The first-order valence-corrected chi connectivity index (χ1v) is 8.90. The summed E-state index contributed by atoms with van der Waals surface area (Å²) in [5.41, 5.74) is 0.766. The number of thiophene rings is 1. The van der Waals surface area contributed by atoms with Gasteiger partial charge in [0.05, 0.1) is 4.92 Å². The molecule has 21 heavy (non-hydrogen) atoms. The Morgan fingerprint density at radius 1 is 1.33 bits per heavy atom. The molecule has 112 valence electrons. The van der Waals surface area contributed by atoms with Gasteiger partial charge in [0.2, 0.25) is 0 Å². The second-order valence-electron chi connectivity index (χ2n) is 4.60. The summed E-state index contributed by atoms with van der Waals surface area (Å²) < 4.78 is 23.4. The summed E-state index contributed by atoms with van der Waals surface area (Å²) >= 11 is 1.53. The van der Waals surface area contributed by atoms with Crippen LogP contribution in [0.25, 0.3) is 0 Å². The maximum Gasteiger partial charge on any atom is 0.310 e. The molecule has 0 radical (unpaired) electrons. The Balaban J connectivity index is 2.47. The summed E-state index contributed by atoms with van der Waals surface area (Å²) in [6.45, 7) is 1.86. The van der Waals surface area contributed by atoms with E-state index >= 15 is 0 Å². The average Bonchev–Trinajstić information content (AvgIpc) is 2.91. The lowest BCUT2D eigenvalue weighted by Gasteiger charge is -2.15. The molecule has 0 aliphatic heterocycles. The maximum absolute atomic E-state index is 11.7. The van der Waals surface area contributed by atoms with Crippen LogP contribution in [0.1, 0.15) is 18.5 Å². The Kier molecular flexibility index (Phi) is 4.29. The highest BCUT2D eigenvalue weighted by Crippen LogP contribution is 2.34. The number of sulfone groups is 1. The quantitative estimate of drug-likeness (QED) is 0.673. The molecule has 0 fully saturated rings. The van der Waals surface area contributed by atoms with Gasteiger partial charge in [-0.1, -0.05) is 6.07 Å². The number of rotatable bonds is 5. The number of anilines is 1. The van der Waals surface area contributed by atoms with Crippen LogP contribution in [-0.2, 0) is 9.84 Å². The Bertz CT molecular complexity index is 754. The number of nitrogens with zero attached hydrogens (tertiary/aromatic N) is 1. The van der Waals surface area contributed by atoms with E-state index in [1.165, 1.54) is 29.5 Å². The monoisotopic (exact) mass is 326 g/mol. The van der Waals surface area contributed by atoms with Crippen molar-refractivity contribution in [2.75, 3.05) is 11.6 Å². The van der Waals surface area contributed by atoms with Gasteiger partial charge >= 0.3 is 5.69 Å². The summed E-state index contributed by atoms with van der Waals surface area (Å²) in [4.78, 5) is 10.3. The number of nitro benzene ring substituents is 1. The highest BCUT2D eigenvalue weighted by atomic mass is 32.2. The van der Waals surface area contributed by atoms with Crippen LogP contribution < -0.4 is 5.32 Å². The van der Waals surface area contributed by atoms with Crippen LogP contribution in [0, 0.1) is 10.1 Å². The molecule has 0 amide bonds. The van der Waals surface area contributed by atoms with Gasteiger partial charge in [-0.05, 0) is 41.4 Å². The van der Waals surface area contributed by atoms with Gasteiger partial charge in [0.1, 0.15) is 10.6 Å². The summed E-state index contributed by atoms with van der Waals surface area (Å²) in [6.07, 6.45) is 0.960. The molecule has 0 aliphatic carbocycles. The Labute approximate surface area is 126 Å². The second kappa shape index (κ2) is 5.82. The van der Waals surface area contributed by atoms with E-state index in [9.17, 15) is 18.5 Å². The van der Waals surface area contributed by atoms with E-state index in [0.717, 1.165) is 11.8 Å². The fraction of sp³-hybridized carbons (Fsp3) is 0.231. The van der Waals surface area contributed by atoms with E-state index < -0.39 is 20.4 Å². The summed E-state index contributed by atoms with van der Waals surface area (Å²) in [6, 6.07) is 5.99. The zero-order valence-corrected chi connectivity index (χ0v) is 13.1. The first-order chi connectivity index (χ1) is 9.80. The fourth-order valence-corrected chi connectivity index (χ4v) is 3.58. The molecule has 2 aromatic rings. The van der Waals surface area contributed by atoms with Crippen LogP contribution in [0.15, 0.2) is 39.9 Å². The summed E-state index contributed by atoms with van der Waals surface area (Å²) in [5, 5.41) is 18.1. The number of benzene rings is 1. The molecule has 1 atom stereocenters. The maximum atomic E-state index is 11.7. The topological polar surface area (TPSA) is 89.3 Å². The number of para-hydroxylation sites is 1. The van der Waals surface area contributed by atoms with Crippen LogP contribution in [-0.4, -0.2) is 19.6 Å². The van der Waals surface area contributed by atoms with Crippen molar-refractivity contribution in [3.8, 4) is 0 Å². The van der Waals surface area contributed by atoms with E-state index in [1.54, 1.807) is 0 Å². The molecular weight excluding hydrogens is 312 g/mol. The first-order valence-electron chi connectivity index (χ1n) is 6.07. The van der Waals surface area contributed by atoms with Crippen molar-refractivity contribution >= 4 is 32.5 Å². The van der Waals surface area contributed by atoms with Crippen molar-refractivity contribution in [1.29, 1.82) is 0 Å². The minimum atomic E-state index is -3.67. The Morgan fingerprint density at radius 2 is 2.05 bits per heavy atom. The van der Waals surface area contributed by atoms with Crippen LogP contribution in [0.4, 0.5) is 11.4 Å². The van der Waals surface area contributed by atoms with Gasteiger partial charge in [-0.25, -0.2) is 8.42 Å². The number of nitro groups is 1. The van der Waals surface area contributed by atoms with Crippen LogP contribution in [0.2, 0.25) is 0 Å². The molecule has 1 heterocycles.